The van der Waals surface area contributed by atoms with Gasteiger partial charge in [0.05, 0.1) is 10.5 Å². The number of anilines is 2. The van der Waals surface area contributed by atoms with E-state index in [1.165, 1.54) is 12.8 Å². The third kappa shape index (κ3) is 8.07. The van der Waals surface area contributed by atoms with Crippen LogP contribution in [-0.4, -0.2) is 55.4 Å². The zero-order valence-electron chi connectivity index (χ0n) is 22.4. The van der Waals surface area contributed by atoms with Crippen molar-refractivity contribution in [2.45, 2.75) is 17.7 Å². The van der Waals surface area contributed by atoms with Crippen molar-refractivity contribution >= 4 is 39.8 Å². The van der Waals surface area contributed by atoms with E-state index in [4.69, 9.17) is 4.74 Å². The normalized spacial score (nSPS) is 13.9. The van der Waals surface area contributed by atoms with Gasteiger partial charge in [0.15, 0.2) is 0 Å². The van der Waals surface area contributed by atoms with Crippen LogP contribution < -0.4 is 14.8 Å². The first-order chi connectivity index (χ1) is 19.9. The van der Waals surface area contributed by atoms with Gasteiger partial charge >= 0.3 is 5.97 Å². The molecule has 0 unspecified atom stereocenters. The minimum atomic E-state index is -3.57. The average molecular weight is 570 g/mol. The summed E-state index contributed by atoms with van der Waals surface area (Å²) >= 11 is 0. The monoisotopic (exact) mass is 569 g/mol. The zero-order chi connectivity index (χ0) is 28.5. The van der Waals surface area contributed by atoms with Crippen LogP contribution in [0.1, 0.15) is 34.3 Å². The Labute approximate surface area is 240 Å². The number of rotatable bonds is 11. The first-order valence-electron chi connectivity index (χ1n) is 13.4. The number of carbonyl (C=O) groups is 1. The van der Waals surface area contributed by atoms with Gasteiger partial charge in [-0.15, -0.1) is 0 Å². The third-order valence-corrected chi connectivity index (χ3v) is 8.03. The molecule has 0 amide bonds. The van der Waals surface area contributed by atoms with E-state index in [0.717, 1.165) is 30.8 Å². The zero-order valence-corrected chi connectivity index (χ0v) is 23.3. The van der Waals surface area contributed by atoms with E-state index in [1.807, 2.05) is 30.4 Å². The predicted octanol–water partition coefficient (Wildman–Crippen LogP) is 4.98. The minimum absolute atomic E-state index is 0.213. The van der Waals surface area contributed by atoms with Crippen molar-refractivity contribution in [3.05, 3.63) is 108 Å². The second-order valence-electron chi connectivity index (χ2n) is 9.60. The summed E-state index contributed by atoms with van der Waals surface area (Å²) in [4.78, 5) is 23.5. The minimum Gasteiger partial charge on any atom is -0.423 e. The molecule has 10 heteroatoms. The molecule has 3 aromatic carbocycles. The Kier molecular flexibility index (Phi) is 9.15. The number of esters is 1. The molecule has 5 rings (SSSR count). The van der Waals surface area contributed by atoms with Gasteiger partial charge in [0.25, 0.3) is 0 Å². The standard InChI is InChI=1S/C31H31N5O4S/c37-30(26-8-2-1-3-9-26)40-28-10-6-7-24(21-28)11-12-25-22-32-31(33-23-25)35-27-13-15-29(16-14-27)41(38,39)34-17-20-36-18-4-5-19-36/h1-3,6-16,21-23,34H,4-5,17-20H2,(H,32,33,35). The van der Waals surface area contributed by atoms with Crippen LogP contribution in [0.5, 0.6) is 5.75 Å². The van der Waals surface area contributed by atoms with Gasteiger partial charge in [-0.3, -0.25) is 0 Å². The molecule has 0 aliphatic carbocycles. The van der Waals surface area contributed by atoms with Gasteiger partial charge in [-0.1, -0.05) is 42.5 Å². The number of hydrogen-bond donors (Lipinski definition) is 2. The first-order valence-corrected chi connectivity index (χ1v) is 14.9. The molecule has 2 N–H and O–H groups in total. The van der Waals surface area contributed by atoms with Gasteiger partial charge in [0.1, 0.15) is 5.75 Å². The highest BCUT2D eigenvalue weighted by molar-refractivity contribution is 7.89. The number of likely N-dealkylation sites (tertiary alicyclic amines) is 1. The molecule has 0 atom stereocenters. The first kappa shape index (κ1) is 28.2. The van der Waals surface area contributed by atoms with E-state index in [9.17, 15) is 13.2 Å². The fourth-order valence-corrected chi connectivity index (χ4v) is 5.40. The van der Waals surface area contributed by atoms with Gasteiger partial charge in [0.2, 0.25) is 16.0 Å². The van der Waals surface area contributed by atoms with E-state index in [1.54, 1.807) is 73.1 Å². The van der Waals surface area contributed by atoms with Crippen LogP contribution in [-0.2, 0) is 10.0 Å². The maximum Gasteiger partial charge on any atom is 0.343 e. The molecule has 1 fully saturated rings. The van der Waals surface area contributed by atoms with Gasteiger partial charge < -0.3 is 15.0 Å². The predicted molar refractivity (Wildman–Crippen MR) is 159 cm³/mol. The molecule has 9 nitrogen and oxygen atoms in total. The Bertz CT molecular complexity index is 1590. The lowest BCUT2D eigenvalue weighted by Gasteiger charge is -2.15. The summed E-state index contributed by atoms with van der Waals surface area (Å²) in [6, 6.07) is 22.6. The van der Waals surface area contributed by atoms with Crippen LogP contribution in [0, 0.1) is 0 Å². The third-order valence-electron chi connectivity index (χ3n) is 6.56. The Morgan fingerprint density at radius 1 is 0.878 bits per heavy atom. The lowest BCUT2D eigenvalue weighted by atomic mass is 10.1. The Morgan fingerprint density at radius 2 is 1.59 bits per heavy atom. The second kappa shape index (κ2) is 13.3. The second-order valence-corrected chi connectivity index (χ2v) is 11.4. The quantitative estimate of drug-likeness (QED) is 0.192. The molecular formula is C31H31N5O4S. The van der Waals surface area contributed by atoms with Crippen molar-refractivity contribution in [3.63, 3.8) is 0 Å². The van der Waals surface area contributed by atoms with Crippen molar-refractivity contribution in [2.24, 2.45) is 0 Å². The molecule has 0 saturated carbocycles. The molecule has 1 saturated heterocycles. The topological polar surface area (TPSA) is 114 Å². The summed E-state index contributed by atoms with van der Waals surface area (Å²) < 4.78 is 33.4. The number of nitrogens with one attached hydrogen (secondary N) is 2. The van der Waals surface area contributed by atoms with Crippen molar-refractivity contribution in [1.82, 2.24) is 19.6 Å². The number of hydrogen-bond acceptors (Lipinski definition) is 8. The molecule has 1 aliphatic heterocycles. The number of ether oxygens (including phenoxy) is 1. The molecular weight excluding hydrogens is 538 g/mol. The van der Waals surface area contributed by atoms with Crippen LogP contribution >= 0.6 is 0 Å². The number of benzene rings is 3. The number of sulfonamides is 1. The Morgan fingerprint density at radius 3 is 2.32 bits per heavy atom. The van der Waals surface area contributed by atoms with E-state index < -0.39 is 16.0 Å². The Balaban J connectivity index is 1.13. The smallest absolute Gasteiger partial charge is 0.343 e. The molecule has 4 aromatic rings. The van der Waals surface area contributed by atoms with Crippen molar-refractivity contribution < 1.29 is 17.9 Å². The van der Waals surface area contributed by atoms with Crippen LogP contribution in [0.2, 0.25) is 0 Å². The lowest BCUT2D eigenvalue weighted by molar-refractivity contribution is 0.0734. The summed E-state index contributed by atoms with van der Waals surface area (Å²) in [6.45, 7) is 3.18. The van der Waals surface area contributed by atoms with Crippen molar-refractivity contribution in [2.75, 3.05) is 31.5 Å². The van der Waals surface area contributed by atoms with Crippen molar-refractivity contribution in [1.29, 1.82) is 0 Å². The molecule has 1 aliphatic rings. The molecule has 0 radical (unpaired) electrons. The highest BCUT2D eigenvalue weighted by atomic mass is 32.2. The Hall–Kier alpha value is -4.38. The highest BCUT2D eigenvalue weighted by Gasteiger charge is 2.16. The van der Waals surface area contributed by atoms with E-state index >= 15 is 0 Å². The summed E-state index contributed by atoms with van der Waals surface area (Å²) in [5.74, 6) is 0.425. The van der Waals surface area contributed by atoms with Crippen LogP contribution in [0.4, 0.5) is 11.6 Å². The molecule has 1 aromatic heterocycles. The lowest BCUT2D eigenvalue weighted by Crippen LogP contribution is -2.33. The maximum absolute atomic E-state index is 12.6. The van der Waals surface area contributed by atoms with Gasteiger partial charge in [-0.2, -0.15) is 0 Å². The average Bonchev–Trinajstić information content (AvgIpc) is 3.51. The summed E-state index contributed by atoms with van der Waals surface area (Å²) in [7, 11) is -3.57. The fraction of sp³-hybridized carbons (Fsp3) is 0.194. The van der Waals surface area contributed by atoms with E-state index in [2.05, 4.69) is 24.9 Å². The SMILES string of the molecule is O=C(Oc1cccc(C=Cc2cnc(Nc3ccc(S(=O)(=O)NCCN4CCCC4)cc3)nc2)c1)c1ccccc1. The van der Waals surface area contributed by atoms with Crippen LogP contribution in [0.25, 0.3) is 12.2 Å². The van der Waals surface area contributed by atoms with Gasteiger partial charge in [-0.25, -0.2) is 27.9 Å². The van der Waals surface area contributed by atoms with Crippen LogP contribution in [0.15, 0.2) is 96.2 Å². The summed E-state index contributed by atoms with van der Waals surface area (Å²) in [5, 5.41) is 3.09. The van der Waals surface area contributed by atoms with Crippen LogP contribution in [0.3, 0.4) is 0 Å². The fourth-order valence-electron chi connectivity index (χ4n) is 4.38. The van der Waals surface area contributed by atoms with E-state index in [-0.39, 0.29) is 4.90 Å². The van der Waals surface area contributed by atoms with E-state index in [0.29, 0.717) is 29.5 Å². The van der Waals surface area contributed by atoms with Crippen molar-refractivity contribution in [3.8, 4) is 5.75 Å². The molecule has 0 bridgehead atoms. The number of carbonyl (C=O) groups excluding carboxylic acids is 1. The molecule has 0 spiro atoms. The number of aromatic nitrogens is 2. The summed E-state index contributed by atoms with van der Waals surface area (Å²) in [5.41, 5.74) is 2.79. The molecule has 210 valence electrons. The summed E-state index contributed by atoms with van der Waals surface area (Å²) in [6.07, 6.45) is 9.44. The largest absolute Gasteiger partial charge is 0.423 e. The molecule has 41 heavy (non-hydrogen) atoms. The highest BCUT2D eigenvalue weighted by Crippen LogP contribution is 2.19. The maximum atomic E-state index is 12.6. The van der Waals surface area contributed by atoms with Gasteiger partial charge in [-0.05, 0) is 80.0 Å². The number of nitrogens with zero attached hydrogens (tertiary/aromatic N) is 3. The molecule has 2 heterocycles. The van der Waals surface area contributed by atoms with Gasteiger partial charge in [0, 0.05) is 36.7 Å².